The van der Waals surface area contributed by atoms with Crippen molar-refractivity contribution in [2.24, 2.45) is 0 Å². The Hall–Kier alpha value is -5.49. The van der Waals surface area contributed by atoms with Crippen LogP contribution in [-0.2, 0) is 5.92 Å². The highest BCUT2D eigenvalue weighted by molar-refractivity contribution is 6.09. The Balaban J connectivity index is 1.22. The largest absolute Gasteiger partial charge is 0.321 e. The molecule has 0 amide bonds. The van der Waals surface area contributed by atoms with E-state index in [1.807, 2.05) is 96.4 Å². The lowest BCUT2D eigenvalue weighted by Gasteiger charge is -2.24. The highest BCUT2D eigenvalue weighted by atomic mass is 19.3. The third kappa shape index (κ3) is 4.14. The lowest BCUT2D eigenvalue weighted by molar-refractivity contribution is 0.0430. The highest BCUT2D eigenvalue weighted by Crippen LogP contribution is 2.46. The van der Waals surface area contributed by atoms with E-state index in [-0.39, 0.29) is 11.1 Å². The SMILES string of the molecule is Cc1ccnc(-n2c3ccccc3c3ccc(C(F)(F)c4cccc(N5CN(c6ccccc6)c6ccccc65)c4)cc32)c1. The van der Waals surface area contributed by atoms with Gasteiger partial charge in [0.1, 0.15) is 12.5 Å². The topological polar surface area (TPSA) is 24.3 Å². The Kier molecular flexibility index (Phi) is 5.98. The van der Waals surface area contributed by atoms with Gasteiger partial charge in [-0.1, -0.05) is 72.8 Å². The van der Waals surface area contributed by atoms with Crippen LogP contribution in [0.15, 0.2) is 140 Å². The number of halogens is 2. The maximum Gasteiger partial charge on any atom is 0.298 e. The highest BCUT2D eigenvalue weighted by Gasteiger charge is 2.36. The maximum atomic E-state index is 16.5. The van der Waals surface area contributed by atoms with E-state index in [1.54, 1.807) is 30.5 Å². The van der Waals surface area contributed by atoms with Crippen LogP contribution in [0.2, 0.25) is 0 Å². The number of aryl methyl sites for hydroxylation is 1. The number of benzene rings is 5. The van der Waals surface area contributed by atoms with E-state index < -0.39 is 5.92 Å². The third-order valence-corrected chi connectivity index (χ3v) is 8.50. The summed E-state index contributed by atoms with van der Waals surface area (Å²) in [5, 5.41) is 1.91. The predicted octanol–water partition coefficient (Wildman–Crippen LogP) is 9.87. The van der Waals surface area contributed by atoms with Gasteiger partial charge >= 0.3 is 0 Å². The smallest absolute Gasteiger partial charge is 0.298 e. The van der Waals surface area contributed by atoms with Gasteiger partial charge in [-0.3, -0.25) is 4.57 Å². The fourth-order valence-electron chi connectivity index (χ4n) is 6.35. The number of anilines is 4. The molecule has 0 radical (unpaired) electrons. The summed E-state index contributed by atoms with van der Waals surface area (Å²) in [7, 11) is 0. The zero-order valence-electron chi connectivity index (χ0n) is 24.0. The third-order valence-electron chi connectivity index (χ3n) is 8.50. The monoisotopic (exact) mass is 578 g/mol. The molecule has 6 heteroatoms. The number of hydrogen-bond acceptors (Lipinski definition) is 3. The molecule has 1 aliphatic heterocycles. The fourth-order valence-corrected chi connectivity index (χ4v) is 6.35. The Bertz CT molecular complexity index is 2170. The molecule has 0 N–H and O–H groups in total. The second-order valence-electron chi connectivity index (χ2n) is 11.2. The molecule has 5 aromatic carbocycles. The van der Waals surface area contributed by atoms with Crippen molar-refractivity contribution in [3.05, 3.63) is 156 Å². The van der Waals surface area contributed by atoms with Crippen LogP contribution in [0.3, 0.4) is 0 Å². The van der Waals surface area contributed by atoms with Gasteiger partial charge in [0.2, 0.25) is 0 Å². The summed E-state index contributed by atoms with van der Waals surface area (Å²) in [4.78, 5) is 8.89. The van der Waals surface area contributed by atoms with Crippen molar-refractivity contribution in [3.63, 3.8) is 0 Å². The van der Waals surface area contributed by atoms with E-state index in [4.69, 9.17) is 0 Å². The molecule has 214 valence electrons. The average Bonchev–Trinajstić information content (AvgIpc) is 3.61. The second kappa shape index (κ2) is 10.1. The Morgan fingerprint density at radius 2 is 1.25 bits per heavy atom. The van der Waals surface area contributed by atoms with E-state index in [2.05, 4.69) is 33.0 Å². The van der Waals surface area contributed by atoms with Crippen molar-refractivity contribution in [2.45, 2.75) is 12.8 Å². The number of aromatic nitrogens is 2. The zero-order valence-corrected chi connectivity index (χ0v) is 24.0. The lowest BCUT2D eigenvalue weighted by atomic mass is 9.98. The number of hydrogen-bond donors (Lipinski definition) is 0. The van der Waals surface area contributed by atoms with E-state index >= 15 is 8.78 Å². The fraction of sp³-hybridized carbons (Fsp3) is 0.0789. The molecule has 0 saturated carbocycles. The van der Waals surface area contributed by atoms with Gasteiger partial charge in [0, 0.05) is 39.5 Å². The molecule has 0 fully saturated rings. The molecule has 4 nitrogen and oxygen atoms in total. The average molecular weight is 579 g/mol. The summed E-state index contributed by atoms with van der Waals surface area (Å²) in [6.45, 7) is 2.53. The Labute approximate surface area is 254 Å². The van der Waals surface area contributed by atoms with Gasteiger partial charge in [-0.25, -0.2) is 4.98 Å². The van der Waals surface area contributed by atoms with Crippen LogP contribution in [0.5, 0.6) is 0 Å². The second-order valence-corrected chi connectivity index (χ2v) is 11.2. The number of para-hydroxylation sites is 4. The number of fused-ring (bicyclic) bond motifs is 4. The number of alkyl halides is 2. The first-order chi connectivity index (χ1) is 21.5. The van der Waals surface area contributed by atoms with Crippen LogP contribution in [-0.4, -0.2) is 16.2 Å². The molecule has 0 atom stereocenters. The van der Waals surface area contributed by atoms with E-state index in [9.17, 15) is 0 Å². The summed E-state index contributed by atoms with van der Waals surface area (Å²) >= 11 is 0. The lowest BCUT2D eigenvalue weighted by Crippen LogP contribution is -2.24. The van der Waals surface area contributed by atoms with Gasteiger partial charge in [0.05, 0.1) is 22.4 Å². The van der Waals surface area contributed by atoms with Crippen LogP contribution in [0.25, 0.3) is 27.6 Å². The summed E-state index contributed by atoms with van der Waals surface area (Å²) in [5.41, 5.74) is 6.35. The van der Waals surface area contributed by atoms with Gasteiger partial charge in [0.25, 0.3) is 5.92 Å². The molecule has 1 aliphatic rings. The molecule has 3 heterocycles. The molecule has 8 rings (SSSR count). The van der Waals surface area contributed by atoms with Crippen LogP contribution in [0.1, 0.15) is 16.7 Å². The molecular formula is C38H28F2N4. The first kappa shape index (κ1) is 26.2. The summed E-state index contributed by atoms with van der Waals surface area (Å²) in [5.74, 6) is -2.53. The Morgan fingerprint density at radius 3 is 2.05 bits per heavy atom. The minimum atomic E-state index is -3.23. The van der Waals surface area contributed by atoms with Crippen LogP contribution >= 0.6 is 0 Å². The molecule has 0 aliphatic carbocycles. The zero-order chi connectivity index (χ0) is 29.8. The normalized spacial score (nSPS) is 13.2. The van der Waals surface area contributed by atoms with Crippen molar-refractivity contribution in [3.8, 4) is 5.82 Å². The van der Waals surface area contributed by atoms with Gasteiger partial charge < -0.3 is 9.80 Å². The molecule has 0 unspecified atom stereocenters. The molecule has 0 saturated heterocycles. The van der Waals surface area contributed by atoms with E-state index in [1.165, 1.54) is 6.07 Å². The minimum Gasteiger partial charge on any atom is -0.321 e. The van der Waals surface area contributed by atoms with Gasteiger partial charge in [-0.15, -0.1) is 0 Å². The first-order valence-corrected chi connectivity index (χ1v) is 14.6. The molecule has 0 spiro atoms. The molecular weight excluding hydrogens is 550 g/mol. The van der Waals surface area contributed by atoms with E-state index in [0.29, 0.717) is 23.7 Å². The van der Waals surface area contributed by atoms with Crippen molar-refractivity contribution >= 4 is 44.6 Å². The molecule has 0 bridgehead atoms. The minimum absolute atomic E-state index is 0.0543. The molecule has 7 aromatic rings. The summed E-state index contributed by atoms with van der Waals surface area (Å²) < 4.78 is 35.0. The number of pyridine rings is 1. The predicted molar refractivity (Wildman–Crippen MR) is 175 cm³/mol. The summed E-state index contributed by atoms with van der Waals surface area (Å²) in [6.07, 6.45) is 1.75. The molecule has 44 heavy (non-hydrogen) atoms. The van der Waals surface area contributed by atoms with Crippen LogP contribution < -0.4 is 9.80 Å². The van der Waals surface area contributed by atoms with E-state index in [0.717, 1.165) is 38.9 Å². The van der Waals surface area contributed by atoms with Crippen molar-refractivity contribution < 1.29 is 8.78 Å². The number of nitrogens with zero attached hydrogens (tertiary/aromatic N) is 4. The first-order valence-electron chi connectivity index (χ1n) is 14.6. The molecule has 2 aromatic heterocycles. The standard InChI is InChI=1S/C38H28F2N4/c1-26-20-21-41-37(22-26)44-33-15-6-5-14-31(33)32-19-18-28(24-36(32)44)38(39,40)27-10-9-13-30(23-27)43-25-42(29-11-3-2-4-12-29)34-16-7-8-17-35(34)43/h2-24H,25H2,1H3. The maximum absolute atomic E-state index is 16.5. The number of rotatable bonds is 5. The van der Waals surface area contributed by atoms with Crippen LogP contribution in [0, 0.1) is 6.92 Å². The van der Waals surface area contributed by atoms with Crippen molar-refractivity contribution in [1.29, 1.82) is 0 Å². The van der Waals surface area contributed by atoms with Gasteiger partial charge in [-0.2, -0.15) is 8.78 Å². The Morgan fingerprint density at radius 1 is 0.591 bits per heavy atom. The summed E-state index contributed by atoms with van der Waals surface area (Å²) in [6, 6.07) is 41.8. The van der Waals surface area contributed by atoms with Crippen molar-refractivity contribution in [2.75, 3.05) is 16.5 Å². The van der Waals surface area contributed by atoms with Gasteiger partial charge in [0.15, 0.2) is 0 Å². The van der Waals surface area contributed by atoms with Crippen molar-refractivity contribution in [1.82, 2.24) is 9.55 Å². The quantitative estimate of drug-likeness (QED) is 0.203. The van der Waals surface area contributed by atoms with Crippen LogP contribution in [0.4, 0.5) is 31.5 Å². The van der Waals surface area contributed by atoms with Gasteiger partial charge in [-0.05, 0) is 73.2 Å².